The lowest BCUT2D eigenvalue weighted by molar-refractivity contribution is -0.167. The van der Waals surface area contributed by atoms with Crippen molar-refractivity contribution in [2.24, 2.45) is 0 Å². The van der Waals surface area contributed by atoms with Crippen molar-refractivity contribution in [1.82, 2.24) is 0 Å². The molecule has 0 aromatic rings. The summed E-state index contributed by atoms with van der Waals surface area (Å²) in [5, 5.41) is 0. The number of carbonyl (C=O) groups is 3. The molecule has 0 rings (SSSR count). The van der Waals surface area contributed by atoms with E-state index in [-0.39, 0.29) is 31.1 Å². The van der Waals surface area contributed by atoms with E-state index in [0.717, 1.165) is 64.2 Å². The molecule has 1 atom stereocenters. The molecule has 0 bridgehead atoms. The fourth-order valence-electron chi connectivity index (χ4n) is 6.32. The maximum Gasteiger partial charge on any atom is 0.306 e. The summed E-state index contributed by atoms with van der Waals surface area (Å²) in [6, 6.07) is 0. The summed E-state index contributed by atoms with van der Waals surface area (Å²) in [4.78, 5) is 37.3. The van der Waals surface area contributed by atoms with Gasteiger partial charge in [0.15, 0.2) is 6.10 Å². The van der Waals surface area contributed by atoms with Crippen LogP contribution in [0.4, 0.5) is 0 Å². The van der Waals surface area contributed by atoms with E-state index >= 15 is 0 Å². The fourth-order valence-corrected chi connectivity index (χ4v) is 6.32. The smallest absolute Gasteiger partial charge is 0.306 e. The van der Waals surface area contributed by atoms with Gasteiger partial charge in [0.25, 0.3) is 0 Å². The van der Waals surface area contributed by atoms with Crippen LogP contribution in [0.1, 0.15) is 239 Å². The third kappa shape index (κ3) is 37.5. The summed E-state index contributed by atoms with van der Waals surface area (Å²) in [6.45, 7) is 6.55. The molecular weight excluding hydrogens is 612 g/mol. The first-order valence-electron chi connectivity index (χ1n) is 21.5. The molecule has 0 spiro atoms. The van der Waals surface area contributed by atoms with Crippen LogP contribution in [-0.2, 0) is 28.6 Å². The van der Waals surface area contributed by atoms with Crippen molar-refractivity contribution < 1.29 is 28.6 Å². The van der Waals surface area contributed by atoms with Gasteiger partial charge < -0.3 is 14.2 Å². The van der Waals surface area contributed by atoms with Crippen molar-refractivity contribution in [3.05, 3.63) is 0 Å². The van der Waals surface area contributed by atoms with Crippen molar-refractivity contribution in [2.75, 3.05) is 13.2 Å². The standard InChI is InChI=1S/C43H82O6/c1-4-7-10-13-15-17-18-19-20-21-22-23-24-26-27-30-33-36-42(45)48-39-40(38-47-41(44)35-32-29-12-9-6-3)49-43(46)37-34-31-28-25-16-14-11-8-5-2/h40H,4-39H2,1-3H3/t40-/m0/s1. The van der Waals surface area contributed by atoms with Gasteiger partial charge in [-0.25, -0.2) is 0 Å². The Bertz CT molecular complexity index is 723. The molecule has 0 amide bonds. The number of unbranched alkanes of at least 4 members (excludes halogenated alkanes) is 28. The van der Waals surface area contributed by atoms with Gasteiger partial charge in [-0.15, -0.1) is 0 Å². The monoisotopic (exact) mass is 695 g/mol. The van der Waals surface area contributed by atoms with Gasteiger partial charge in [0, 0.05) is 19.3 Å². The van der Waals surface area contributed by atoms with Gasteiger partial charge in [0.05, 0.1) is 0 Å². The average Bonchev–Trinajstić information content (AvgIpc) is 3.09. The molecule has 0 aliphatic rings. The lowest BCUT2D eigenvalue weighted by Crippen LogP contribution is -2.30. The second-order valence-corrected chi connectivity index (χ2v) is 14.6. The lowest BCUT2D eigenvalue weighted by Gasteiger charge is -2.18. The molecule has 0 heterocycles. The van der Waals surface area contributed by atoms with Crippen molar-refractivity contribution in [3.63, 3.8) is 0 Å². The SMILES string of the molecule is CCCCCCCCCCCCCCCCCCCC(=O)OC[C@H](COC(=O)CCCCCCC)OC(=O)CCCCCCCCCCC. The zero-order chi connectivity index (χ0) is 35.9. The van der Waals surface area contributed by atoms with Crippen molar-refractivity contribution in [3.8, 4) is 0 Å². The van der Waals surface area contributed by atoms with Crippen LogP contribution in [0.25, 0.3) is 0 Å². The van der Waals surface area contributed by atoms with Crippen LogP contribution in [0, 0.1) is 0 Å². The molecule has 0 unspecified atom stereocenters. The van der Waals surface area contributed by atoms with Gasteiger partial charge in [0.2, 0.25) is 0 Å². The Hall–Kier alpha value is -1.59. The van der Waals surface area contributed by atoms with Crippen LogP contribution in [-0.4, -0.2) is 37.2 Å². The Kier molecular flexibility index (Phi) is 37.9. The van der Waals surface area contributed by atoms with E-state index in [1.54, 1.807) is 0 Å². The van der Waals surface area contributed by atoms with Crippen molar-refractivity contribution >= 4 is 17.9 Å². The highest BCUT2D eigenvalue weighted by atomic mass is 16.6. The van der Waals surface area contributed by atoms with E-state index in [4.69, 9.17) is 14.2 Å². The minimum absolute atomic E-state index is 0.0644. The second kappa shape index (κ2) is 39.2. The van der Waals surface area contributed by atoms with E-state index in [2.05, 4.69) is 20.8 Å². The number of rotatable bonds is 39. The summed E-state index contributed by atoms with van der Waals surface area (Å²) in [6.07, 6.45) is 38.3. The van der Waals surface area contributed by atoms with Crippen LogP contribution in [0.3, 0.4) is 0 Å². The topological polar surface area (TPSA) is 78.9 Å². The Morgan fingerprint density at radius 2 is 0.551 bits per heavy atom. The molecule has 49 heavy (non-hydrogen) atoms. The highest BCUT2D eigenvalue weighted by Crippen LogP contribution is 2.15. The largest absolute Gasteiger partial charge is 0.462 e. The molecule has 6 nitrogen and oxygen atoms in total. The van der Waals surface area contributed by atoms with Gasteiger partial charge in [-0.05, 0) is 19.3 Å². The van der Waals surface area contributed by atoms with Crippen LogP contribution >= 0.6 is 0 Å². The number of ether oxygens (including phenoxy) is 3. The van der Waals surface area contributed by atoms with Crippen LogP contribution in [0.2, 0.25) is 0 Å². The zero-order valence-electron chi connectivity index (χ0n) is 33.0. The van der Waals surface area contributed by atoms with Crippen molar-refractivity contribution in [2.45, 2.75) is 245 Å². The molecule has 6 heteroatoms. The normalized spacial score (nSPS) is 11.8. The molecule has 290 valence electrons. The Morgan fingerprint density at radius 3 is 0.816 bits per heavy atom. The molecule has 0 saturated carbocycles. The molecule has 0 saturated heterocycles. The predicted octanol–water partition coefficient (Wildman–Crippen LogP) is 13.3. The predicted molar refractivity (Wildman–Crippen MR) is 206 cm³/mol. The highest BCUT2D eigenvalue weighted by Gasteiger charge is 2.19. The van der Waals surface area contributed by atoms with Gasteiger partial charge in [-0.1, -0.05) is 201 Å². The van der Waals surface area contributed by atoms with Gasteiger partial charge in [-0.2, -0.15) is 0 Å². The first kappa shape index (κ1) is 47.4. The number of carbonyl (C=O) groups excluding carboxylic acids is 3. The van der Waals surface area contributed by atoms with E-state index < -0.39 is 6.10 Å². The minimum Gasteiger partial charge on any atom is -0.462 e. The van der Waals surface area contributed by atoms with E-state index in [1.807, 2.05) is 0 Å². The van der Waals surface area contributed by atoms with Crippen LogP contribution < -0.4 is 0 Å². The number of esters is 3. The highest BCUT2D eigenvalue weighted by molar-refractivity contribution is 5.71. The van der Waals surface area contributed by atoms with Gasteiger partial charge in [-0.3, -0.25) is 14.4 Å². The van der Waals surface area contributed by atoms with E-state index in [9.17, 15) is 14.4 Å². The molecular formula is C43H82O6. The maximum absolute atomic E-state index is 12.6. The number of hydrogen-bond acceptors (Lipinski definition) is 6. The fraction of sp³-hybridized carbons (Fsp3) is 0.930. The first-order valence-corrected chi connectivity index (χ1v) is 21.5. The molecule has 0 aromatic heterocycles. The Morgan fingerprint density at radius 1 is 0.327 bits per heavy atom. The van der Waals surface area contributed by atoms with E-state index in [1.165, 1.54) is 135 Å². The lowest BCUT2D eigenvalue weighted by atomic mass is 10.0. The summed E-state index contributed by atoms with van der Waals surface area (Å²) >= 11 is 0. The Labute approximate surface area is 304 Å². The molecule has 0 aromatic carbocycles. The quantitative estimate of drug-likeness (QED) is 0.0362. The maximum atomic E-state index is 12.6. The van der Waals surface area contributed by atoms with Crippen molar-refractivity contribution in [1.29, 1.82) is 0 Å². The molecule has 0 aliphatic carbocycles. The summed E-state index contributed by atoms with van der Waals surface area (Å²) < 4.78 is 16.5. The summed E-state index contributed by atoms with van der Waals surface area (Å²) in [5.41, 5.74) is 0. The molecule has 0 N–H and O–H groups in total. The van der Waals surface area contributed by atoms with Gasteiger partial charge >= 0.3 is 17.9 Å². The van der Waals surface area contributed by atoms with Crippen LogP contribution in [0.5, 0.6) is 0 Å². The Balaban J connectivity index is 4.12. The molecule has 0 radical (unpaired) electrons. The molecule has 0 fully saturated rings. The summed E-state index contributed by atoms with van der Waals surface area (Å²) in [5.74, 6) is -0.873. The average molecular weight is 695 g/mol. The van der Waals surface area contributed by atoms with E-state index in [0.29, 0.717) is 19.3 Å². The third-order valence-corrected chi connectivity index (χ3v) is 9.61. The zero-order valence-corrected chi connectivity index (χ0v) is 33.0. The number of hydrogen-bond donors (Lipinski definition) is 0. The molecule has 0 aliphatic heterocycles. The second-order valence-electron chi connectivity index (χ2n) is 14.6. The first-order chi connectivity index (χ1) is 24.0. The third-order valence-electron chi connectivity index (χ3n) is 9.61. The van der Waals surface area contributed by atoms with Crippen LogP contribution in [0.15, 0.2) is 0 Å². The minimum atomic E-state index is -0.755. The summed E-state index contributed by atoms with van der Waals surface area (Å²) in [7, 11) is 0. The van der Waals surface area contributed by atoms with Gasteiger partial charge in [0.1, 0.15) is 13.2 Å².